The first-order valence-electron chi connectivity index (χ1n) is 4.48. The van der Waals surface area contributed by atoms with Gasteiger partial charge in [-0.3, -0.25) is 0 Å². The van der Waals surface area contributed by atoms with Gasteiger partial charge in [0.2, 0.25) is 0 Å². The van der Waals surface area contributed by atoms with Crippen LogP contribution >= 0.6 is 0 Å². The van der Waals surface area contributed by atoms with E-state index in [9.17, 15) is 0 Å². The molecule has 0 aromatic rings. The van der Waals surface area contributed by atoms with E-state index in [4.69, 9.17) is 14.7 Å². The molecule has 4 heteroatoms. The van der Waals surface area contributed by atoms with Gasteiger partial charge in [-0.2, -0.15) is 5.26 Å². The van der Waals surface area contributed by atoms with Crippen LogP contribution in [0.25, 0.3) is 0 Å². The summed E-state index contributed by atoms with van der Waals surface area (Å²) in [6.45, 7) is 6.26. The molecule has 1 unspecified atom stereocenters. The van der Waals surface area contributed by atoms with Gasteiger partial charge >= 0.3 is 0 Å². The van der Waals surface area contributed by atoms with Crippen molar-refractivity contribution in [3.05, 3.63) is 0 Å². The van der Waals surface area contributed by atoms with Crippen molar-refractivity contribution in [2.45, 2.75) is 25.1 Å². The molecule has 1 radical (unpaired) electrons. The molecular weight excluding hydrogens is 182 g/mol. The van der Waals surface area contributed by atoms with Crippen LogP contribution in [0, 0.1) is 11.3 Å². The number of ether oxygens (including phenoxy) is 2. The van der Waals surface area contributed by atoms with Crippen molar-refractivity contribution in [1.82, 2.24) is 0 Å². The van der Waals surface area contributed by atoms with Crippen LogP contribution in [-0.4, -0.2) is 35.7 Å². The molecule has 0 bridgehead atoms. The molecule has 0 saturated heterocycles. The molecule has 13 heavy (non-hydrogen) atoms. The quantitative estimate of drug-likeness (QED) is 0.464. The summed E-state index contributed by atoms with van der Waals surface area (Å²) < 4.78 is 10.1. The van der Waals surface area contributed by atoms with Gasteiger partial charge < -0.3 is 9.47 Å². The average Bonchev–Trinajstić information content (AvgIpc) is 2.10. The van der Waals surface area contributed by atoms with Gasteiger partial charge in [0.15, 0.2) is 0 Å². The number of nitrogens with zero attached hydrogens (tertiary/aromatic N) is 1. The Morgan fingerprint density at radius 1 is 1.31 bits per heavy atom. The van der Waals surface area contributed by atoms with Crippen LogP contribution in [-0.2, 0) is 9.47 Å². The van der Waals surface area contributed by atoms with E-state index in [1.807, 2.05) is 0 Å². The zero-order chi connectivity index (χ0) is 10.1. The summed E-state index contributed by atoms with van der Waals surface area (Å²) in [4.78, 5) is 0. The van der Waals surface area contributed by atoms with E-state index in [1.165, 1.54) is 0 Å². The van der Waals surface area contributed by atoms with Crippen LogP contribution in [0.5, 0.6) is 0 Å². The Hall–Kier alpha value is -0.373. The Bertz CT molecular complexity index is 156. The molecule has 75 valence electrons. The van der Waals surface area contributed by atoms with E-state index in [1.54, 1.807) is 7.11 Å². The third kappa shape index (κ3) is 6.76. The highest BCUT2D eigenvalue weighted by molar-refractivity contribution is 6.58. The fourth-order valence-electron chi connectivity index (χ4n) is 0.928. The third-order valence-corrected chi connectivity index (χ3v) is 3.65. The van der Waals surface area contributed by atoms with Gasteiger partial charge in [-0.1, -0.05) is 13.1 Å². The number of methoxy groups -OCH3 is 1. The SMILES string of the molecule is COCCOCCC(C#N)[Si](C)C. The molecule has 0 fully saturated rings. The number of hydrogen-bond acceptors (Lipinski definition) is 3. The zero-order valence-electron chi connectivity index (χ0n) is 8.67. The first-order chi connectivity index (χ1) is 6.22. The maximum Gasteiger partial charge on any atom is 0.0700 e. The van der Waals surface area contributed by atoms with Gasteiger partial charge in [-0.15, -0.1) is 0 Å². The van der Waals surface area contributed by atoms with E-state index in [2.05, 4.69) is 19.2 Å². The first kappa shape index (κ1) is 12.6. The van der Waals surface area contributed by atoms with Gasteiger partial charge in [-0.25, -0.2) is 0 Å². The van der Waals surface area contributed by atoms with Crippen molar-refractivity contribution in [2.24, 2.45) is 0 Å². The highest BCUT2D eigenvalue weighted by atomic mass is 28.3. The minimum absolute atomic E-state index is 0.215. The second kappa shape index (κ2) is 8.24. The fraction of sp³-hybridized carbons (Fsp3) is 0.889. The molecule has 0 saturated carbocycles. The highest BCUT2D eigenvalue weighted by Crippen LogP contribution is 2.13. The molecular formula is C9H18NO2Si. The molecule has 0 aliphatic heterocycles. The van der Waals surface area contributed by atoms with Crippen molar-refractivity contribution in [3.63, 3.8) is 0 Å². The van der Waals surface area contributed by atoms with Crippen molar-refractivity contribution in [3.8, 4) is 6.07 Å². The zero-order valence-corrected chi connectivity index (χ0v) is 9.67. The number of nitriles is 1. The van der Waals surface area contributed by atoms with Crippen LogP contribution in [0.2, 0.25) is 18.6 Å². The Labute approximate surface area is 82.3 Å². The van der Waals surface area contributed by atoms with Gasteiger partial charge in [-0.05, 0) is 6.42 Å². The normalized spacial score (nSPS) is 12.8. The second-order valence-corrected chi connectivity index (χ2v) is 6.00. The van der Waals surface area contributed by atoms with Crippen LogP contribution in [0.3, 0.4) is 0 Å². The van der Waals surface area contributed by atoms with Crippen LogP contribution in [0.4, 0.5) is 0 Å². The molecule has 0 aliphatic rings. The van der Waals surface area contributed by atoms with E-state index in [0.29, 0.717) is 19.8 Å². The molecule has 0 heterocycles. The van der Waals surface area contributed by atoms with Gasteiger partial charge in [0.05, 0.1) is 28.1 Å². The van der Waals surface area contributed by atoms with Gasteiger partial charge in [0.1, 0.15) is 0 Å². The van der Waals surface area contributed by atoms with Crippen LogP contribution in [0.15, 0.2) is 0 Å². The largest absolute Gasteiger partial charge is 0.382 e. The second-order valence-electron chi connectivity index (χ2n) is 3.15. The predicted octanol–water partition coefficient (Wildman–Crippen LogP) is 1.69. The highest BCUT2D eigenvalue weighted by Gasteiger charge is 2.12. The molecule has 0 spiro atoms. The standard InChI is InChI=1S/C9H18NO2Si/c1-11-6-7-12-5-4-9(8-10)13(2)3/h9H,4-7H2,1-3H3. The Kier molecular flexibility index (Phi) is 8.00. The Balaban J connectivity index is 3.35. The number of rotatable bonds is 7. The summed E-state index contributed by atoms with van der Waals surface area (Å²) in [5, 5.41) is 8.79. The molecule has 0 aliphatic carbocycles. The monoisotopic (exact) mass is 200 g/mol. The summed E-state index contributed by atoms with van der Waals surface area (Å²) in [5.41, 5.74) is 0.215. The maximum atomic E-state index is 8.79. The fourth-order valence-corrected chi connectivity index (χ4v) is 1.88. The Morgan fingerprint density at radius 3 is 2.46 bits per heavy atom. The lowest BCUT2D eigenvalue weighted by atomic mass is 10.3. The first-order valence-corrected chi connectivity index (χ1v) is 7.06. The van der Waals surface area contributed by atoms with Crippen LogP contribution < -0.4 is 0 Å². The molecule has 3 nitrogen and oxygen atoms in total. The molecule has 0 aromatic carbocycles. The van der Waals surface area contributed by atoms with E-state index >= 15 is 0 Å². The van der Waals surface area contributed by atoms with E-state index < -0.39 is 8.80 Å². The summed E-state index contributed by atoms with van der Waals surface area (Å²) >= 11 is 0. The predicted molar refractivity (Wildman–Crippen MR) is 54.2 cm³/mol. The summed E-state index contributed by atoms with van der Waals surface area (Å²) in [7, 11) is 1.16. The van der Waals surface area contributed by atoms with Gasteiger partial charge in [0.25, 0.3) is 0 Å². The van der Waals surface area contributed by atoms with E-state index in [-0.39, 0.29) is 5.54 Å². The van der Waals surface area contributed by atoms with Crippen molar-refractivity contribution in [2.75, 3.05) is 26.9 Å². The summed E-state index contributed by atoms with van der Waals surface area (Å²) in [5.74, 6) is 0. The third-order valence-electron chi connectivity index (χ3n) is 1.84. The number of hydrogen-bond donors (Lipinski definition) is 0. The molecule has 0 rings (SSSR count). The van der Waals surface area contributed by atoms with Crippen molar-refractivity contribution >= 4 is 8.80 Å². The lowest BCUT2D eigenvalue weighted by Gasteiger charge is -2.10. The molecule has 1 atom stereocenters. The van der Waals surface area contributed by atoms with E-state index in [0.717, 1.165) is 6.42 Å². The van der Waals surface area contributed by atoms with Crippen LogP contribution in [0.1, 0.15) is 6.42 Å². The molecule has 0 amide bonds. The average molecular weight is 200 g/mol. The van der Waals surface area contributed by atoms with Gasteiger partial charge in [0, 0.05) is 19.3 Å². The Morgan fingerprint density at radius 2 is 2.00 bits per heavy atom. The summed E-state index contributed by atoms with van der Waals surface area (Å²) in [6, 6.07) is 2.33. The minimum Gasteiger partial charge on any atom is -0.382 e. The van der Waals surface area contributed by atoms with Crippen molar-refractivity contribution < 1.29 is 9.47 Å². The minimum atomic E-state index is -0.489. The summed E-state index contributed by atoms with van der Waals surface area (Å²) in [6.07, 6.45) is 0.863. The van der Waals surface area contributed by atoms with Crippen molar-refractivity contribution in [1.29, 1.82) is 5.26 Å². The lowest BCUT2D eigenvalue weighted by Crippen LogP contribution is -2.13. The molecule has 0 N–H and O–H groups in total. The lowest BCUT2D eigenvalue weighted by molar-refractivity contribution is 0.0698. The smallest absolute Gasteiger partial charge is 0.0700 e. The topological polar surface area (TPSA) is 42.2 Å². The molecule has 0 aromatic heterocycles. The maximum absolute atomic E-state index is 8.79.